The van der Waals surface area contributed by atoms with E-state index in [1.807, 2.05) is 0 Å². The molecular weight excluding hydrogens is 270 g/mol. The van der Waals surface area contributed by atoms with Gasteiger partial charge < -0.3 is 15.2 Å². The number of phenolic OH excluding ortho intramolecular Hbond substituents is 1. The highest BCUT2D eigenvalue weighted by Crippen LogP contribution is 2.22. The number of ether oxygens (including phenoxy) is 1. The fraction of sp³-hybridized carbons (Fsp3) is 0.385. The van der Waals surface area contributed by atoms with Crippen molar-refractivity contribution in [1.29, 1.82) is 0 Å². The number of hydrogen-bond acceptors (Lipinski definition) is 4. The number of phenols is 1. The highest BCUT2D eigenvalue weighted by Gasteiger charge is 2.21. The summed E-state index contributed by atoms with van der Waals surface area (Å²) < 4.78 is 4.97. The lowest BCUT2D eigenvalue weighted by Crippen LogP contribution is -2.39. The van der Waals surface area contributed by atoms with Crippen LogP contribution in [0.5, 0.6) is 5.75 Å². The van der Waals surface area contributed by atoms with Gasteiger partial charge in [0.2, 0.25) is 0 Å². The summed E-state index contributed by atoms with van der Waals surface area (Å²) in [5.41, 5.74) is -0.0337. The molecule has 0 unspecified atom stereocenters. The van der Waals surface area contributed by atoms with Gasteiger partial charge in [0.1, 0.15) is 11.3 Å². The molecule has 2 N–H and O–H groups in total. The van der Waals surface area contributed by atoms with Crippen LogP contribution in [0.2, 0.25) is 5.02 Å². The Morgan fingerprint density at radius 3 is 2.47 bits per heavy atom. The van der Waals surface area contributed by atoms with E-state index >= 15 is 0 Å². The first kappa shape index (κ1) is 15.3. The number of carbonyl (C=O) groups is 2. The lowest BCUT2D eigenvalue weighted by molar-refractivity contribution is -0.129. The van der Waals surface area contributed by atoms with Crippen LogP contribution in [0.3, 0.4) is 0 Å². The van der Waals surface area contributed by atoms with Gasteiger partial charge in [-0.1, -0.05) is 11.6 Å². The van der Waals surface area contributed by atoms with Crippen molar-refractivity contribution in [3.63, 3.8) is 0 Å². The predicted octanol–water partition coefficient (Wildman–Crippen LogP) is 2.12. The molecule has 19 heavy (non-hydrogen) atoms. The Hall–Kier alpha value is -1.75. The second-order valence-electron chi connectivity index (χ2n) is 4.37. The normalized spacial score (nSPS) is 12.1. The van der Waals surface area contributed by atoms with Gasteiger partial charge in [-0.05, 0) is 39.0 Å². The van der Waals surface area contributed by atoms with Crippen LogP contribution in [-0.2, 0) is 9.53 Å². The van der Waals surface area contributed by atoms with E-state index in [0.29, 0.717) is 5.02 Å². The SMILES string of the molecule is CC(C)NC(=O)[C@@H](C)OC(=O)c1ccc(Cl)cc1O. The largest absolute Gasteiger partial charge is 0.507 e. The Kier molecular flexibility index (Phi) is 5.18. The Morgan fingerprint density at radius 1 is 1.32 bits per heavy atom. The molecule has 0 aliphatic heterocycles. The maximum atomic E-state index is 11.8. The topological polar surface area (TPSA) is 75.6 Å². The number of nitrogens with one attached hydrogen (secondary N) is 1. The zero-order valence-electron chi connectivity index (χ0n) is 10.9. The minimum Gasteiger partial charge on any atom is -0.507 e. The third-order valence-corrected chi connectivity index (χ3v) is 2.50. The summed E-state index contributed by atoms with van der Waals surface area (Å²) in [7, 11) is 0. The summed E-state index contributed by atoms with van der Waals surface area (Å²) in [6.45, 7) is 5.07. The number of carbonyl (C=O) groups excluding carboxylic acids is 2. The lowest BCUT2D eigenvalue weighted by Gasteiger charge is -2.15. The van der Waals surface area contributed by atoms with Gasteiger partial charge in [-0.2, -0.15) is 0 Å². The van der Waals surface area contributed by atoms with E-state index in [0.717, 1.165) is 0 Å². The smallest absolute Gasteiger partial charge is 0.342 e. The molecular formula is C13H16ClNO4. The molecule has 0 saturated carbocycles. The molecule has 0 spiro atoms. The molecule has 5 nitrogen and oxygen atoms in total. The van der Waals surface area contributed by atoms with E-state index < -0.39 is 18.0 Å². The van der Waals surface area contributed by atoms with Gasteiger partial charge in [0, 0.05) is 11.1 Å². The maximum absolute atomic E-state index is 11.8. The van der Waals surface area contributed by atoms with Crippen molar-refractivity contribution in [2.24, 2.45) is 0 Å². The average molecular weight is 286 g/mol. The number of rotatable bonds is 4. The molecule has 1 aromatic carbocycles. The van der Waals surface area contributed by atoms with Crippen molar-refractivity contribution in [2.75, 3.05) is 0 Å². The van der Waals surface area contributed by atoms with E-state index in [2.05, 4.69) is 5.32 Å². The summed E-state index contributed by atoms with van der Waals surface area (Å²) in [6.07, 6.45) is -0.940. The standard InChI is InChI=1S/C13H16ClNO4/c1-7(2)15-12(17)8(3)19-13(18)10-5-4-9(14)6-11(10)16/h4-8,16H,1-3H3,(H,15,17)/t8-/m1/s1. The summed E-state index contributed by atoms with van der Waals surface area (Å²) in [5, 5.41) is 12.5. The second kappa shape index (κ2) is 6.43. The van der Waals surface area contributed by atoms with Crippen molar-refractivity contribution in [3.05, 3.63) is 28.8 Å². The van der Waals surface area contributed by atoms with Gasteiger partial charge >= 0.3 is 5.97 Å². The summed E-state index contributed by atoms with van der Waals surface area (Å²) in [6, 6.07) is 3.98. The second-order valence-corrected chi connectivity index (χ2v) is 4.81. The van der Waals surface area contributed by atoms with Crippen LogP contribution in [0.4, 0.5) is 0 Å². The Bertz CT molecular complexity index is 488. The van der Waals surface area contributed by atoms with Crippen molar-refractivity contribution in [3.8, 4) is 5.75 Å². The fourth-order valence-corrected chi connectivity index (χ4v) is 1.52. The summed E-state index contributed by atoms with van der Waals surface area (Å²) >= 11 is 5.66. The molecule has 104 valence electrons. The molecule has 1 aromatic rings. The van der Waals surface area contributed by atoms with Crippen LogP contribution in [0, 0.1) is 0 Å². The third-order valence-electron chi connectivity index (χ3n) is 2.26. The highest BCUT2D eigenvalue weighted by atomic mass is 35.5. The monoisotopic (exact) mass is 285 g/mol. The average Bonchev–Trinajstić information content (AvgIpc) is 2.27. The molecule has 0 bridgehead atoms. The number of hydrogen-bond donors (Lipinski definition) is 2. The Morgan fingerprint density at radius 2 is 1.95 bits per heavy atom. The van der Waals surface area contributed by atoms with Crippen LogP contribution >= 0.6 is 11.6 Å². The van der Waals surface area contributed by atoms with E-state index in [4.69, 9.17) is 16.3 Å². The Balaban J connectivity index is 2.71. The minimum atomic E-state index is -0.940. The molecule has 0 saturated heterocycles. The molecule has 1 atom stereocenters. The van der Waals surface area contributed by atoms with Crippen molar-refractivity contribution in [1.82, 2.24) is 5.32 Å². The van der Waals surface area contributed by atoms with Crippen molar-refractivity contribution >= 4 is 23.5 Å². The first-order valence-corrected chi connectivity index (χ1v) is 6.19. The van der Waals surface area contributed by atoms with Crippen LogP contribution in [0.25, 0.3) is 0 Å². The first-order chi connectivity index (χ1) is 8.81. The zero-order valence-corrected chi connectivity index (χ0v) is 11.7. The zero-order chi connectivity index (χ0) is 14.6. The van der Waals surface area contributed by atoms with Crippen LogP contribution < -0.4 is 5.32 Å². The fourth-order valence-electron chi connectivity index (χ4n) is 1.36. The van der Waals surface area contributed by atoms with Gasteiger partial charge in [-0.15, -0.1) is 0 Å². The summed E-state index contributed by atoms with van der Waals surface area (Å²) in [4.78, 5) is 23.4. The molecule has 1 amide bonds. The van der Waals surface area contributed by atoms with Gasteiger partial charge in [0.05, 0.1) is 0 Å². The number of aromatic hydroxyl groups is 1. The number of benzene rings is 1. The van der Waals surface area contributed by atoms with Gasteiger partial charge in [-0.25, -0.2) is 4.79 Å². The quantitative estimate of drug-likeness (QED) is 0.831. The molecule has 1 rings (SSSR count). The first-order valence-electron chi connectivity index (χ1n) is 5.81. The molecule has 0 aliphatic carbocycles. The lowest BCUT2D eigenvalue weighted by atomic mass is 10.2. The minimum absolute atomic E-state index is 0.0337. The van der Waals surface area contributed by atoms with Gasteiger partial charge in [-0.3, -0.25) is 4.79 Å². The Labute approximate surface area is 116 Å². The molecule has 0 fully saturated rings. The van der Waals surface area contributed by atoms with E-state index in [1.165, 1.54) is 25.1 Å². The highest BCUT2D eigenvalue weighted by molar-refractivity contribution is 6.30. The van der Waals surface area contributed by atoms with Crippen LogP contribution in [-0.4, -0.2) is 29.1 Å². The maximum Gasteiger partial charge on any atom is 0.342 e. The predicted molar refractivity (Wildman–Crippen MR) is 71.3 cm³/mol. The number of esters is 1. The van der Waals surface area contributed by atoms with Crippen molar-refractivity contribution < 1.29 is 19.4 Å². The molecule has 0 aliphatic rings. The van der Waals surface area contributed by atoms with E-state index in [1.54, 1.807) is 13.8 Å². The molecule has 0 radical (unpaired) electrons. The van der Waals surface area contributed by atoms with Gasteiger partial charge in [0.25, 0.3) is 5.91 Å². The van der Waals surface area contributed by atoms with Gasteiger partial charge in [0.15, 0.2) is 6.10 Å². The van der Waals surface area contributed by atoms with Crippen molar-refractivity contribution in [2.45, 2.75) is 32.9 Å². The van der Waals surface area contributed by atoms with E-state index in [-0.39, 0.29) is 17.4 Å². The number of halogens is 1. The van der Waals surface area contributed by atoms with Crippen LogP contribution in [0.1, 0.15) is 31.1 Å². The molecule has 0 aromatic heterocycles. The van der Waals surface area contributed by atoms with Crippen LogP contribution in [0.15, 0.2) is 18.2 Å². The third kappa shape index (κ3) is 4.44. The molecule has 0 heterocycles. The summed E-state index contributed by atoms with van der Waals surface area (Å²) in [5.74, 6) is -1.45. The van der Waals surface area contributed by atoms with E-state index in [9.17, 15) is 14.7 Å². The number of amides is 1. The molecule has 6 heteroatoms.